The summed E-state index contributed by atoms with van der Waals surface area (Å²) in [7, 11) is 0. The molecule has 0 fully saturated rings. The Morgan fingerprint density at radius 1 is 1.11 bits per heavy atom. The first-order valence-corrected chi connectivity index (χ1v) is 6.83. The van der Waals surface area contributed by atoms with Gasteiger partial charge in [-0.25, -0.2) is 0 Å². The normalized spacial score (nSPS) is 14.5. The Balaban J connectivity index is 2.41. The van der Waals surface area contributed by atoms with Crippen LogP contribution in [0.1, 0.15) is 43.6 Å². The van der Waals surface area contributed by atoms with Gasteiger partial charge in [0.05, 0.1) is 5.69 Å². The first-order chi connectivity index (χ1) is 8.95. The summed E-state index contributed by atoms with van der Waals surface area (Å²) >= 11 is 0. The summed E-state index contributed by atoms with van der Waals surface area (Å²) in [4.78, 5) is 14.3. The van der Waals surface area contributed by atoms with Crippen LogP contribution in [-0.4, -0.2) is 12.5 Å². The highest BCUT2D eigenvalue weighted by Gasteiger charge is 2.30. The van der Waals surface area contributed by atoms with Crippen LogP contribution < -0.4 is 4.90 Å². The van der Waals surface area contributed by atoms with E-state index < -0.39 is 0 Å². The smallest absolute Gasteiger partial charge is 0.258 e. The second-order valence-corrected chi connectivity index (χ2v) is 6.16. The van der Waals surface area contributed by atoms with Gasteiger partial charge < -0.3 is 4.90 Å². The molecule has 1 heterocycles. The average molecular weight is 253 g/mol. The number of hydrogen-bond acceptors (Lipinski definition) is 1. The van der Waals surface area contributed by atoms with Gasteiger partial charge in [-0.2, -0.15) is 0 Å². The molecule has 2 aromatic rings. The zero-order chi connectivity index (χ0) is 13.8. The van der Waals surface area contributed by atoms with E-state index >= 15 is 0 Å². The standard InChI is InChI=1S/C17H19NO/c1-5-18-14-10-9-13(17(2,3)4)11-7-6-8-12(15(11)14)16(18)19/h6-10H,5H2,1-4H3. The third-order valence-corrected chi connectivity index (χ3v) is 3.91. The number of anilines is 1. The van der Waals surface area contributed by atoms with Crippen molar-refractivity contribution in [2.75, 3.05) is 11.4 Å². The number of nitrogens with zero attached hydrogens (tertiary/aromatic N) is 1. The van der Waals surface area contributed by atoms with E-state index in [9.17, 15) is 4.79 Å². The molecule has 1 amide bonds. The van der Waals surface area contributed by atoms with Gasteiger partial charge in [0, 0.05) is 17.5 Å². The van der Waals surface area contributed by atoms with Crippen LogP contribution >= 0.6 is 0 Å². The number of amides is 1. The lowest BCUT2D eigenvalue weighted by atomic mass is 9.83. The maximum Gasteiger partial charge on any atom is 0.258 e. The van der Waals surface area contributed by atoms with Crippen LogP contribution in [0.5, 0.6) is 0 Å². The monoisotopic (exact) mass is 253 g/mol. The predicted octanol–water partition coefficient (Wildman–Crippen LogP) is 4.12. The number of rotatable bonds is 1. The third-order valence-electron chi connectivity index (χ3n) is 3.91. The lowest BCUT2D eigenvalue weighted by Crippen LogP contribution is -2.25. The molecule has 0 aliphatic carbocycles. The molecular formula is C17H19NO. The van der Waals surface area contributed by atoms with Crippen LogP contribution in [0.25, 0.3) is 10.8 Å². The minimum absolute atomic E-state index is 0.0832. The SMILES string of the molecule is CCN1C(=O)c2cccc3c(C(C)(C)C)ccc1c23. The lowest BCUT2D eigenvalue weighted by molar-refractivity contribution is 0.0994. The van der Waals surface area contributed by atoms with Crippen molar-refractivity contribution < 1.29 is 4.79 Å². The highest BCUT2D eigenvalue weighted by Crippen LogP contribution is 2.41. The molecule has 0 N–H and O–H groups in total. The molecule has 0 unspecified atom stereocenters. The van der Waals surface area contributed by atoms with Crippen molar-refractivity contribution in [3.8, 4) is 0 Å². The van der Waals surface area contributed by atoms with E-state index in [0.29, 0.717) is 0 Å². The second kappa shape index (κ2) is 3.83. The summed E-state index contributed by atoms with van der Waals surface area (Å²) in [6.07, 6.45) is 0. The second-order valence-electron chi connectivity index (χ2n) is 6.16. The minimum Gasteiger partial charge on any atom is -0.308 e. The van der Waals surface area contributed by atoms with Crippen LogP contribution in [0.2, 0.25) is 0 Å². The summed E-state index contributed by atoms with van der Waals surface area (Å²) in [5.74, 6) is 0.133. The highest BCUT2D eigenvalue weighted by molar-refractivity contribution is 6.25. The summed E-state index contributed by atoms with van der Waals surface area (Å²) in [6, 6.07) is 10.3. The first-order valence-electron chi connectivity index (χ1n) is 6.83. The zero-order valence-electron chi connectivity index (χ0n) is 11.9. The van der Waals surface area contributed by atoms with E-state index in [1.54, 1.807) is 0 Å². The topological polar surface area (TPSA) is 20.3 Å². The molecule has 0 aromatic heterocycles. The average Bonchev–Trinajstić information content (AvgIpc) is 2.63. The molecule has 1 aliphatic rings. The summed E-state index contributed by atoms with van der Waals surface area (Å²) in [5.41, 5.74) is 3.30. The molecule has 0 saturated carbocycles. The maximum atomic E-state index is 12.4. The molecule has 1 aliphatic heterocycles. The molecule has 0 saturated heterocycles. The Hall–Kier alpha value is -1.83. The number of carbonyl (C=O) groups excluding carboxylic acids is 1. The molecule has 3 rings (SSSR count). The van der Waals surface area contributed by atoms with Crippen molar-refractivity contribution in [2.24, 2.45) is 0 Å². The largest absolute Gasteiger partial charge is 0.308 e. The van der Waals surface area contributed by atoms with Gasteiger partial charge in [-0.15, -0.1) is 0 Å². The van der Waals surface area contributed by atoms with Gasteiger partial charge in [-0.05, 0) is 35.4 Å². The lowest BCUT2D eigenvalue weighted by Gasteiger charge is -2.22. The molecule has 19 heavy (non-hydrogen) atoms. The predicted molar refractivity (Wildman–Crippen MR) is 80.0 cm³/mol. The van der Waals surface area contributed by atoms with Crippen molar-refractivity contribution in [3.63, 3.8) is 0 Å². The van der Waals surface area contributed by atoms with Crippen molar-refractivity contribution in [3.05, 3.63) is 41.5 Å². The Bertz CT molecular complexity index is 679. The van der Waals surface area contributed by atoms with E-state index in [2.05, 4.69) is 39.0 Å². The number of carbonyl (C=O) groups is 1. The molecule has 98 valence electrons. The quantitative estimate of drug-likeness (QED) is 0.748. The van der Waals surface area contributed by atoms with Gasteiger partial charge in [0.1, 0.15) is 0 Å². The van der Waals surface area contributed by atoms with Gasteiger partial charge in [0.2, 0.25) is 0 Å². The fourth-order valence-corrected chi connectivity index (χ4v) is 3.01. The molecule has 0 spiro atoms. The van der Waals surface area contributed by atoms with Crippen LogP contribution in [0.3, 0.4) is 0 Å². The third kappa shape index (κ3) is 1.59. The van der Waals surface area contributed by atoms with Crippen LogP contribution in [0.15, 0.2) is 30.3 Å². The van der Waals surface area contributed by atoms with Crippen molar-refractivity contribution in [1.29, 1.82) is 0 Å². The Morgan fingerprint density at radius 3 is 2.47 bits per heavy atom. The summed E-state index contributed by atoms with van der Waals surface area (Å²) in [5, 5.41) is 2.34. The zero-order valence-corrected chi connectivity index (χ0v) is 11.9. The Morgan fingerprint density at radius 2 is 1.84 bits per heavy atom. The van der Waals surface area contributed by atoms with E-state index in [-0.39, 0.29) is 11.3 Å². The molecular weight excluding hydrogens is 234 g/mol. The number of hydrogen-bond donors (Lipinski definition) is 0. The summed E-state index contributed by atoms with van der Waals surface area (Å²) < 4.78 is 0. The van der Waals surface area contributed by atoms with Crippen molar-refractivity contribution >= 4 is 22.4 Å². The van der Waals surface area contributed by atoms with Crippen molar-refractivity contribution in [2.45, 2.75) is 33.1 Å². The van der Waals surface area contributed by atoms with Crippen LogP contribution in [0.4, 0.5) is 5.69 Å². The van der Waals surface area contributed by atoms with Gasteiger partial charge >= 0.3 is 0 Å². The van der Waals surface area contributed by atoms with Crippen LogP contribution in [-0.2, 0) is 5.41 Å². The first kappa shape index (κ1) is 12.2. The number of benzene rings is 2. The van der Waals surface area contributed by atoms with Gasteiger partial charge in [0.15, 0.2) is 0 Å². The molecule has 0 atom stereocenters. The van der Waals surface area contributed by atoms with E-state index in [1.807, 2.05) is 24.0 Å². The van der Waals surface area contributed by atoms with Gasteiger partial charge in [0.25, 0.3) is 5.91 Å². The molecule has 2 aromatic carbocycles. The van der Waals surface area contributed by atoms with Gasteiger partial charge in [-0.1, -0.05) is 39.0 Å². The maximum absolute atomic E-state index is 12.4. The van der Waals surface area contributed by atoms with E-state index in [1.165, 1.54) is 10.9 Å². The van der Waals surface area contributed by atoms with E-state index in [4.69, 9.17) is 0 Å². The molecule has 2 heteroatoms. The molecule has 0 bridgehead atoms. The fourth-order valence-electron chi connectivity index (χ4n) is 3.01. The molecule has 0 radical (unpaired) electrons. The van der Waals surface area contributed by atoms with Crippen molar-refractivity contribution in [1.82, 2.24) is 0 Å². The fraction of sp³-hybridized carbons (Fsp3) is 0.353. The summed E-state index contributed by atoms with van der Waals surface area (Å²) in [6.45, 7) is 9.38. The highest BCUT2D eigenvalue weighted by atomic mass is 16.2. The van der Waals surface area contributed by atoms with E-state index in [0.717, 1.165) is 23.2 Å². The van der Waals surface area contributed by atoms with Gasteiger partial charge in [-0.3, -0.25) is 4.79 Å². The Kier molecular flexibility index (Phi) is 2.46. The Labute approximate surface area is 114 Å². The van der Waals surface area contributed by atoms with Crippen LogP contribution in [0, 0.1) is 0 Å². The minimum atomic E-state index is 0.0832. The molecule has 2 nitrogen and oxygen atoms in total.